The van der Waals surface area contributed by atoms with Gasteiger partial charge in [-0.2, -0.15) is 47.1 Å². The molecule has 0 aromatic heterocycles. The molecule has 0 fully saturated rings. The summed E-state index contributed by atoms with van der Waals surface area (Å²) in [6, 6.07) is 10.6. The molecule has 2 rings (SSSR count). The number of nitrogens with zero attached hydrogens (tertiary/aromatic N) is 1. The van der Waals surface area contributed by atoms with E-state index in [0.29, 0.717) is 25.9 Å². The molecule has 1 aromatic carbocycles. The molecule has 182 valence electrons. The molecule has 0 aliphatic carbocycles. The number of carbonyl (C=O) groups is 2. The average molecular weight is 492 g/mol. The Hall–Kier alpha value is -1.02. The van der Waals surface area contributed by atoms with Gasteiger partial charge in [0.05, 0.1) is 0 Å². The van der Waals surface area contributed by atoms with E-state index in [2.05, 4.69) is 31.0 Å². The summed E-state index contributed by atoms with van der Waals surface area (Å²) in [5.74, 6) is 0. The molecule has 1 N–H and O–H groups in total. The Bertz CT molecular complexity index is 854. The first-order valence-electron chi connectivity index (χ1n) is 11.5. The minimum Gasteiger partial charge on any atom is -0.444 e. The summed E-state index contributed by atoms with van der Waals surface area (Å²) in [7, 11) is 1.86. The normalized spacial score (nSPS) is 16.1. The van der Waals surface area contributed by atoms with Gasteiger partial charge in [-0.05, 0) is 41.2 Å². The van der Waals surface area contributed by atoms with Crippen molar-refractivity contribution in [2.45, 2.75) is 72.4 Å². The number of amides is 1. The molecule has 1 aliphatic rings. The average Bonchev–Trinajstić information content (AvgIpc) is 2.77. The van der Waals surface area contributed by atoms with Gasteiger partial charge in [0.2, 0.25) is 0 Å². The van der Waals surface area contributed by atoms with Crippen molar-refractivity contribution in [3.8, 4) is 0 Å². The number of ether oxygens (including phenoxy) is 1. The topological polar surface area (TPSA) is 58.6 Å². The standard InChI is InChI=1S/C19H31N2O3.C9H9.K/c1-7-14(2)15(10-12-22)16-9-8-11-21(17(16)13-20-6)18(23)24-19(3,4)5;1-8(2)9-6-4-3-5-7-9;/h12,17,20H,7-8,10-11,13H2,1-6H3;4-7H,1H2,2H3;/q2*-1;+1. The third-order valence-corrected chi connectivity index (χ3v) is 5.27. The number of nitrogens with one attached hydrogen (secondary N) is 1. The van der Waals surface area contributed by atoms with Gasteiger partial charge in [-0.1, -0.05) is 38.8 Å². The number of carbonyl (C=O) groups excluding carboxylic acids is 2. The van der Waals surface area contributed by atoms with Gasteiger partial charge in [-0.15, -0.1) is 5.56 Å². The number of aldehydes is 1. The second kappa shape index (κ2) is 16.6. The Morgan fingerprint density at radius 2 is 1.91 bits per heavy atom. The molecule has 34 heavy (non-hydrogen) atoms. The maximum Gasteiger partial charge on any atom is 1.00 e. The van der Waals surface area contributed by atoms with Crippen LogP contribution in [0.25, 0.3) is 5.57 Å². The zero-order chi connectivity index (χ0) is 25.0. The van der Waals surface area contributed by atoms with Gasteiger partial charge in [0.15, 0.2) is 0 Å². The van der Waals surface area contributed by atoms with Crippen LogP contribution in [0.5, 0.6) is 0 Å². The second-order valence-corrected chi connectivity index (χ2v) is 9.14. The van der Waals surface area contributed by atoms with Gasteiger partial charge in [0.1, 0.15) is 11.9 Å². The van der Waals surface area contributed by atoms with Crippen molar-refractivity contribution in [2.75, 3.05) is 20.1 Å². The Morgan fingerprint density at radius 3 is 2.35 bits per heavy atom. The first-order chi connectivity index (χ1) is 15.6. The van der Waals surface area contributed by atoms with Crippen LogP contribution in [0.1, 0.15) is 66.4 Å². The summed E-state index contributed by atoms with van der Waals surface area (Å²) in [6.07, 6.45) is 5.88. The van der Waals surface area contributed by atoms with E-state index < -0.39 is 5.60 Å². The smallest absolute Gasteiger partial charge is 0.444 e. The first kappa shape index (κ1) is 33.0. The molecule has 6 heteroatoms. The van der Waals surface area contributed by atoms with Gasteiger partial charge in [0.25, 0.3) is 0 Å². The summed E-state index contributed by atoms with van der Waals surface area (Å²) < 4.78 is 5.56. The molecule has 1 atom stereocenters. The number of benzene rings is 1. The molecular formula is C28H40KN2O3-. The Morgan fingerprint density at radius 1 is 1.29 bits per heavy atom. The van der Waals surface area contributed by atoms with Gasteiger partial charge in [0, 0.05) is 19.1 Å². The van der Waals surface area contributed by atoms with Crippen LogP contribution in [-0.2, 0) is 9.53 Å². The fourth-order valence-electron chi connectivity index (χ4n) is 3.48. The number of hydrogen-bond donors (Lipinski definition) is 1. The molecule has 1 aliphatic heterocycles. The third kappa shape index (κ3) is 11.1. The summed E-state index contributed by atoms with van der Waals surface area (Å²) in [5, 5.41) is 3.15. The predicted octanol–water partition coefficient (Wildman–Crippen LogP) is 2.78. The van der Waals surface area contributed by atoms with Gasteiger partial charge < -0.3 is 19.7 Å². The molecule has 0 saturated carbocycles. The Labute approximate surface area is 249 Å². The van der Waals surface area contributed by atoms with Crippen LogP contribution in [0.3, 0.4) is 0 Å². The molecule has 0 bridgehead atoms. The molecule has 1 unspecified atom stereocenters. The van der Waals surface area contributed by atoms with E-state index in [1.54, 1.807) is 4.90 Å². The van der Waals surface area contributed by atoms with E-state index in [9.17, 15) is 9.59 Å². The molecule has 5 nitrogen and oxygen atoms in total. The number of rotatable bonds is 7. The van der Waals surface area contributed by atoms with Crippen LogP contribution in [0.4, 0.5) is 4.79 Å². The van der Waals surface area contributed by atoms with Crippen LogP contribution in [0, 0.1) is 12.1 Å². The SMILES string of the molecule is C=C(C)c1cc[c-]cc1.CCC(C)=C(CC=O)C1=[C-]CCN(C(=O)OC(C)(C)C)C1CNC.[K+]. The van der Waals surface area contributed by atoms with E-state index >= 15 is 0 Å². The molecular weight excluding hydrogens is 451 g/mol. The fourth-order valence-corrected chi connectivity index (χ4v) is 3.48. The van der Waals surface area contributed by atoms with E-state index in [4.69, 9.17) is 4.74 Å². The Kier molecular flexibility index (Phi) is 16.1. The van der Waals surface area contributed by atoms with Crippen molar-refractivity contribution < 1.29 is 65.7 Å². The van der Waals surface area contributed by atoms with Crippen molar-refractivity contribution in [1.29, 1.82) is 0 Å². The van der Waals surface area contributed by atoms with Crippen molar-refractivity contribution in [3.63, 3.8) is 0 Å². The third-order valence-electron chi connectivity index (χ3n) is 5.27. The van der Waals surface area contributed by atoms with Crippen molar-refractivity contribution in [1.82, 2.24) is 10.2 Å². The van der Waals surface area contributed by atoms with Gasteiger partial charge in [-0.25, -0.2) is 4.79 Å². The number of hydrogen-bond acceptors (Lipinski definition) is 4. The van der Waals surface area contributed by atoms with Crippen LogP contribution < -0.4 is 56.7 Å². The number of allylic oxidation sites excluding steroid dienone is 2. The van der Waals surface area contributed by atoms with E-state index in [1.165, 1.54) is 5.56 Å². The van der Waals surface area contributed by atoms with E-state index in [0.717, 1.165) is 35.0 Å². The molecule has 0 saturated heterocycles. The minimum atomic E-state index is -0.535. The summed E-state index contributed by atoms with van der Waals surface area (Å²) in [5.41, 5.74) is 4.87. The van der Waals surface area contributed by atoms with Crippen LogP contribution in [0.15, 0.2) is 47.6 Å². The second-order valence-electron chi connectivity index (χ2n) is 9.14. The van der Waals surface area contributed by atoms with Crippen LogP contribution in [-0.4, -0.2) is 49.1 Å². The van der Waals surface area contributed by atoms with Crippen molar-refractivity contribution >= 4 is 18.0 Å². The van der Waals surface area contributed by atoms with Crippen molar-refractivity contribution in [3.05, 3.63) is 65.3 Å². The molecule has 1 heterocycles. The summed E-state index contributed by atoms with van der Waals surface area (Å²) in [4.78, 5) is 25.5. The summed E-state index contributed by atoms with van der Waals surface area (Å²) >= 11 is 0. The molecule has 0 radical (unpaired) electrons. The van der Waals surface area contributed by atoms with Crippen LogP contribution in [0.2, 0.25) is 0 Å². The summed E-state index contributed by atoms with van der Waals surface area (Å²) in [6.45, 7) is 16.7. The Balaban J connectivity index is 0.000000911. The molecule has 1 amide bonds. The molecule has 1 aromatic rings. The van der Waals surface area contributed by atoms with E-state index in [1.807, 2.05) is 65.9 Å². The minimum absolute atomic E-state index is 0. The largest absolute Gasteiger partial charge is 1.00 e. The predicted molar refractivity (Wildman–Crippen MR) is 136 cm³/mol. The van der Waals surface area contributed by atoms with Gasteiger partial charge in [-0.3, -0.25) is 6.08 Å². The van der Waals surface area contributed by atoms with Crippen molar-refractivity contribution in [2.24, 2.45) is 0 Å². The van der Waals surface area contributed by atoms with E-state index in [-0.39, 0.29) is 63.5 Å². The number of likely N-dealkylation sites (N-methyl/N-ethyl adjacent to an activating group) is 1. The zero-order valence-electron chi connectivity index (χ0n) is 22.4. The van der Waals surface area contributed by atoms with Gasteiger partial charge >= 0.3 is 57.5 Å². The maximum atomic E-state index is 12.6. The zero-order valence-corrected chi connectivity index (χ0v) is 25.5. The van der Waals surface area contributed by atoms with Crippen LogP contribution >= 0.6 is 0 Å². The maximum absolute atomic E-state index is 12.6. The first-order valence-corrected chi connectivity index (χ1v) is 11.5. The molecule has 0 spiro atoms. The fraction of sp³-hybridized carbons (Fsp3) is 0.500. The quantitative estimate of drug-likeness (QED) is 0.362. The monoisotopic (exact) mass is 491 g/mol.